The summed E-state index contributed by atoms with van der Waals surface area (Å²) in [7, 11) is 0. The SMILES string of the molecule is Cc1ccc(N(c2ccc(-c3ncccn3)cc2)c2ccc(-c3ncccn3)cc2)cc1. The molecule has 2 aromatic heterocycles. The normalized spacial score (nSPS) is 10.7. The molecule has 0 aliphatic carbocycles. The van der Waals surface area contributed by atoms with E-state index in [2.05, 4.69) is 105 Å². The number of aryl methyl sites for hydroxylation is 1. The predicted octanol–water partition coefficient (Wildman–Crippen LogP) is 6.38. The second-order valence-electron chi connectivity index (χ2n) is 7.41. The maximum Gasteiger partial charge on any atom is 0.159 e. The fourth-order valence-corrected chi connectivity index (χ4v) is 3.56. The van der Waals surface area contributed by atoms with Crippen LogP contribution in [0.3, 0.4) is 0 Å². The van der Waals surface area contributed by atoms with Gasteiger partial charge in [-0.15, -0.1) is 0 Å². The van der Waals surface area contributed by atoms with Crippen molar-refractivity contribution in [1.82, 2.24) is 19.9 Å². The van der Waals surface area contributed by atoms with Crippen molar-refractivity contribution in [3.8, 4) is 22.8 Å². The lowest BCUT2D eigenvalue weighted by molar-refractivity contribution is 1.17. The maximum atomic E-state index is 4.35. The Morgan fingerprint density at radius 2 is 0.812 bits per heavy atom. The van der Waals surface area contributed by atoms with Gasteiger partial charge in [0.05, 0.1) is 0 Å². The molecule has 5 rings (SSSR count). The molecule has 0 fully saturated rings. The Bertz CT molecular complexity index is 1200. The second kappa shape index (κ2) is 8.78. The van der Waals surface area contributed by atoms with Crippen LogP contribution in [0.15, 0.2) is 110 Å². The van der Waals surface area contributed by atoms with Crippen LogP contribution in [0, 0.1) is 6.92 Å². The van der Waals surface area contributed by atoms with Crippen molar-refractivity contribution in [2.24, 2.45) is 0 Å². The first-order valence-electron chi connectivity index (χ1n) is 10.4. The van der Waals surface area contributed by atoms with E-state index in [0.717, 1.165) is 28.2 Å². The number of nitrogens with zero attached hydrogens (tertiary/aromatic N) is 5. The van der Waals surface area contributed by atoms with Crippen molar-refractivity contribution < 1.29 is 0 Å². The van der Waals surface area contributed by atoms with E-state index >= 15 is 0 Å². The Balaban J connectivity index is 1.53. The highest BCUT2D eigenvalue weighted by molar-refractivity contribution is 5.78. The number of hydrogen-bond acceptors (Lipinski definition) is 5. The first-order valence-corrected chi connectivity index (χ1v) is 10.4. The zero-order valence-electron chi connectivity index (χ0n) is 17.6. The van der Waals surface area contributed by atoms with Crippen LogP contribution < -0.4 is 4.90 Å². The Kier molecular flexibility index (Phi) is 5.37. The third kappa shape index (κ3) is 4.09. The molecule has 5 heteroatoms. The van der Waals surface area contributed by atoms with Gasteiger partial charge in [0.2, 0.25) is 0 Å². The summed E-state index contributed by atoms with van der Waals surface area (Å²) in [4.78, 5) is 19.6. The Hall–Kier alpha value is -4.38. The first kappa shape index (κ1) is 19.6. The summed E-state index contributed by atoms with van der Waals surface area (Å²) >= 11 is 0. The van der Waals surface area contributed by atoms with E-state index in [-0.39, 0.29) is 0 Å². The molecule has 0 unspecified atom stereocenters. The molecule has 0 aliphatic rings. The van der Waals surface area contributed by atoms with Crippen molar-refractivity contribution >= 4 is 17.1 Å². The molecule has 32 heavy (non-hydrogen) atoms. The predicted molar refractivity (Wildman–Crippen MR) is 128 cm³/mol. The Morgan fingerprint density at radius 3 is 1.19 bits per heavy atom. The molecule has 2 heterocycles. The molecule has 0 bridgehead atoms. The molecule has 0 radical (unpaired) electrons. The molecular formula is C27H21N5. The fourth-order valence-electron chi connectivity index (χ4n) is 3.56. The molecule has 0 amide bonds. The molecule has 154 valence electrons. The molecular weight excluding hydrogens is 394 g/mol. The van der Waals surface area contributed by atoms with E-state index < -0.39 is 0 Å². The quantitative estimate of drug-likeness (QED) is 0.333. The van der Waals surface area contributed by atoms with Gasteiger partial charge in [-0.05, 0) is 79.7 Å². The van der Waals surface area contributed by atoms with Crippen molar-refractivity contribution in [3.05, 3.63) is 115 Å². The number of benzene rings is 3. The van der Waals surface area contributed by atoms with E-state index in [4.69, 9.17) is 0 Å². The van der Waals surface area contributed by atoms with Crippen LogP contribution in [0.5, 0.6) is 0 Å². The maximum absolute atomic E-state index is 4.35. The number of hydrogen-bond donors (Lipinski definition) is 0. The van der Waals surface area contributed by atoms with Crippen LogP contribution in [-0.4, -0.2) is 19.9 Å². The molecule has 0 atom stereocenters. The molecule has 0 N–H and O–H groups in total. The van der Waals surface area contributed by atoms with E-state index in [0.29, 0.717) is 11.6 Å². The summed E-state index contributed by atoms with van der Waals surface area (Å²) in [5, 5.41) is 0. The van der Waals surface area contributed by atoms with Crippen molar-refractivity contribution in [3.63, 3.8) is 0 Å². The minimum Gasteiger partial charge on any atom is -0.311 e. The monoisotopic (exact) mass is 415 g/mol. The minimum absolute atomic E-state index is 0.716. The van der Waals surface area contributed by atoms with Gasteiger partial charge in [-0.1, -0.05) is 17.7 Å². The van der Waals surface area contributed by atoms with Crippen LogP contribution >= 0.6 is 0 Å². The van der Waals surface area contributed by atoms with Crippen molar-refractivity contribution in [1.29, 1.82) is 0 Å². The average molecular weight is 416 g/mol. The lowest BCUT2D eigenvalue weighted by Gasteiger charge is -2.26. The highest BCUT2D eigenvalue weighted by Crippen LogP contribution is 2.36. The number of rotatable bonds is 5. The van der Waals surface area contributed by atoms with E-state index in [1.807, 2.05) is 12.1 Å². The van der Waals surface area contributed by atoms with Crippen LogP contribution in [0.4, 0.5) is 17.1 Å². The van der Waals surface area contributed by atoms with Crippen molar-refractivity contribution in [2.45, 2.75) is 6.92 Å². The topological polar surface area (TPSA) is 54.8 Å². The average Bonchev–Trinajstić information content (AvgIpc) is 2.87. The molecule has 3 aromatic carbocycles. The van der Waals surface area contributed by atoms with Crippen LogP contribution in [0.25, 0.3) is 22.8 Å². The summed E-state index contributed by atoms with van der Waals surface area (Å²) in [5.41, 5.74) is 6.38. The lowest BCUT2D eigenvalue weighted by Crippen LogP contribution is -2.10. The van der Waals surface area contributed by atoms with Crippen LogP contribution in [0.2, 0.25) is 0 Å². The summed E-state index contributed by atoms with van der Waals surface area (Å²) < 4.78 is 0. The van der Waals surface area contributed by atoms with Gasteiger partial charge in [0.1, 0.15) is 0 Å². The zero-order chi connectivity index (χ0) is 21.8. The molecule has 0 saturated carbocycles. The summed E-state index contributed by atoms with van der Waals surface area (Å²) in [6.07, 6.45) is 7.03. The molecule has 0 spiro atoms. The van der Waals surface area contributed by atoms with E-state index in [9.17, 15) is 0 Å². The number of aromatic nitrogens is 4. The highest BCUT2D eigenvalue weighted by Gasteiger charge is 2.13. The van der Waals surface area contributed by atoms with Crippen molar-refractivity contribution in [2.75, 3.05) is 4.90 Å². The van der Waals surface area contributed by atoms with Crippen LogP contribution in [0.1, 0.15) is 5.56 Å². The lowest BCUT2D eigenvalue weighted by atomic mass is 10.1. The summed E-state index contributed by atoms with van der Waals surface area (Å²) in [5.74, 6) is 1.43. The smallest absolute Gasteiger partial charge is 0.159 e. The first-order chi connectivity index (χ1) is 15.8. The summed E-state index contributed by atoms with van der Waals surface area (Å²) in [6, 6.07) is 28.8. The summed E-state index contributed by atoms with van der Waals surface area (Å²) in [6.45, 7) is 2.09. The van der Waals surface area contributed by atoms with Gasteiger partial charge in [0.15, 0.2) is 11.6 Å². The van der Waals surface area contributed by atoms with Gasteiger partial charge in [-0.3, -0.25) is 0 Å². The van der Waals surface area contributed by atoms with E-state index in [1.165, 1.54) is 5.56 Å². The van der Waals surface area contributed by atoms with Gasteiger partial charge < -0.3 is 4.90 Å². The number of anilines is 3. The fraction of sp³-hybridized carbons (Fsp3) is 0.0370. The minimum atomic E-state index is 0.716. The van der Waals surface area contributed by atoms with Gasteiger partial charge in [-0.25, -0.2) is 19.9 Å². The van der Waals surface area contributed by atoms with Gasteiger partial charge in [0, 0.05) is 53.0 Å². The molecule has 0 aliphatic heterocycles. The zero-order valence-corrected chi connectivity index (χ0v) is 17.6. The van der Waals surface area contributed by atoms with Gasteiger partial charge in [0.25, 0.3) is 0 Å². The van der Waals surface area contributed by atoms with Gasteiger partial charge >= 0.3 is 0 Å². The molecule has 5 nitrogen and oxygen atoms in total. The Morgan fingerprint density at radius 1 is 0.469 bits per heavy atom. The third-order valence-corrected chi connectivity index (χ3v) is 5.19. The largest absolute Gasteiger partial charge is 0.311 e. The highest BCUT2D eigenvalue weighted by atomic mass is 15.1. The third-order valence-electron chi connectivity index (χ3n) is 5.19. The second-order valence-corrected chi connectivity index (χ2v) is 7.41. The van der Waals surface area contributed by atoms with Gasteiger partial charge in [-0.2, -0.15) is 0 Å². The van der Waals surface area contributed by atoms with E-state index in [1.54, 1.807) is 24.8 Å². The standard InChI is InChI=1S/C27H21N5/c1-20-4-10-23(11-5-20)32(24-12-6-21(7-13-24)26-28-16-2-17-29-26)25-14-8-22(9-15-25)27-30-18-3-19-31-27/h2-19H,1H3. The Labute approximate surface area is 187 Å². The van der Waals surface area contributed by atoms with Crippen LogP contribution in [-0.2, 0) is 0 Å². The molecule has 5 aromatic rings. The molecule has 0 saturated heterocycles.